The quantitative estimate of drug-likeness (QED) is 0.818. The minimum absolute atomic E-state index is 0.401. The molecule has 1 N–H and O–H groups in total. The van der Waals surface area contributed by atoms with E-state index in [2.05, 4.69) is 90.5 Å². The van der Waals surface area contributed by atoms with E-state index in [9.17, 15) is 0 Å². The van der Waals surface area contributed by atoms with Gasteiger partial charge in [0.15, 0.2) is 0 Å². The Labute approximate surface area is 151 Å². The van der Waals surface area contributed by atoms with Gasteiger partial charge in [0.2, 0.25) is 0 Å². The maximum absolute atomic E-state index is 3.47. The van der Waals surface area contributed by atoms with Crippen molar-refractivity contribution >= 4 is 5.69 Å². The van der Waals surface area contributed by atoms with Crippen LogP contribution in [-0.2, 0) is 6.54 Å². The lowest BCUT2D eigenvalue weighted by Crippen LogP contribution is -2.29. The first kappa shape index (κ1) is 17.3. The van der Waals surface area contributed by atoms with Gasteiger partial charge >= 0.3 is 0 Å². The third-order valence-electron chi connectivity index (χ3n) is 4.21. The second-order valence-electron chi connectivity index (χ2n) is 6.81. The van der Waals surface area contributed by atoms with E-state index in [0.29, 0.717) is 6.04 Å². The third kappa shape index (κ3) is 5.24. The van der Waals surface area contributed by atoms with Gasteiger partial charge in [0.05, 0.1) is 5.69 Å². The first-order valence-electron chi connectivity index (χ1n) is 9.03. The van der Waals surface area contributed by atoms with Crippen molar-refractivity contribution in [2.24, 2.45) is 0 Å². The van der Waals surface area contributed by atoms with Crippen LogP contribution in [0.3, 0.4) is 0 Å². The Morgan fingerprint density at radius 1 is 1.00 bits per heavy atom. The van der Waals surface area contributed by atoms with E-state index in [4.69, 9.17) is 0 Å². The summed E-state index contributed by atoms with van der Waals surface area (Å²) in [6.45, 7) is 7.32. The van der Waals surface area contributed by atoms with Gasteiger partial charge in [-0.05, 0) is 38.0 Å². The predicted molar refractivity (Wildman–Crippen MR) is 106 cm³/mol. The Hall–Kier alpha value is -2.50. The molecule has 0 aliphatic carbocycles. The lowest BCUT2D eigenvalue weighted by Gasteiger charge is -2.25. The molecular weight excluding hydrogens is 304 g/mol. The summed E-state index contributed by atoms with van der Waals surface area (Å²) in [5.41, 5.74) is 4.77. The summed E-state index contributed by atoms with van der Waals surface area (Å²) in [6, 6.07) is 19.4. The van der Waals surface area contributed by atoms with E-state index in [-0.39, 0.29) is 0 Å². The van der Waals surface area contributed by atoms with Crippen molar-refractivity contribution in [3.05, 3.63) is 77.4 Å². The van der Waals surface area contributed by atoms with Crippen LogP contribution in [0.4, 0.5) is 5.69 Å². The number of benzene rings is 2. The summed E-state index contributed by atoms with van der Waals surface area (Å²) in [4.78, 5) is 2.47. The number of anilines is 1. The molecule has 2 aromatic carbocycles. The zero-order chi connectivity index (χ0) is 17.5. The third-order valence-corrected chi connectivity index (χ3v) is 4.21. The fourth-order valence-electron chi connectivity index (χ4n) is 3.05. The molecule has 0 atom stereocenters. The van der Waals surface area contributed by atoms with Crippen LogP contribution < -0.4 is 5.32 Å². The minimum atomic E-state index is 0.401. The molecule has 0 aromatic heterocycles. The van der Waals surface area contributed by atoms with Gasteiger partial charge in [0, 0.05) is 36.8 Å². The Morgan fingerprint density at radius 3 is 2.56 bits per heavy atom. The molecule has 25 heavy (non-hydrogen) atoms. The lowest BCUT2D eigenvalue weighted by molar-refractivity contribution is 0.286. The summed E-state index contributed by atoms with van der Waals surface area (Å²) in [6.07, 6.45) is 3.36. The highest BCUT2D eigenvalue weighted by Gasteiger charge is 2.11. The highest BCUT2D eigenvalue weighted by molar-refractivity contribution is 5.60. The van der Waals surface area contributed by atoms with E-state index in [1.54, 1.807) is 0 Å². The summed E-state index contributed by atoms with van der Waals surface area (Å²) in [5.74, 6) is 6.76. The molecule has 3 rings (SSSR count). The molecule has 1 heterocycles. The maximum Gasteiger partial charge on any atom is 0.0501 e. The van der Waals surface area contributed by atoms with Crippen LogP contribution in [0, 0.1) is 11.8 Å². The number of nitrogens with one attached hydrogen (secondary N) is 1. The fraction of sp³-hybridized carbons (Fsp3) is 0.304. The number of hydrogen-bond acceptors (Lipinski definition) is 2. The maximum atomic E-state index is 3.47. The summed E-state index contributed by atoms with van der Waals surface area (Å²) < 4.78 is 0. The van der Waals surface area contributed by atoms with E-state index in [1.165, 1.54) is 11.1 Å². The summed E-state index contributed by atoms with van der Waals surface area (Å²) in [7, 11) is 0. The summed E-state index contributed by atoms with van der Waals surface area (Å²) in [5, 5.41) is 3.47. The monoisotopic (exact) mass is 330 g/mol. The van der Waals surface area contributed by atoms with Gasteiger partial charge in [0.25, 0.3) is 0 Å². The molecule has 2 nitrogen and oxygen atoms in total. The number of hydrogen-bond donors (Lipinski definition) is 1. The molecule has 0 bridgehead atoms. The Morgan fingerprint density at radius 2 is 1.76 bits per heavy atom. The highest BCUT2D eigenvalue weighted by atomic mass is 15.1. The second-order valence-corrected chi connectivity index (χ2v) is 6.81. The Kier molecular flexibility index (Phi) is 5.93. The van der Waals surface area contributed by atoms with Crippen molar-refractivity contribution in [2.75, 3.05) is 18.4 Å². The van der Waals surface area contributed by atoms with Crippen LogP contribution in [0.15, 0.2) is 66.2 Å². The van der Waals surface area contributed by atoms with E-state index in [1.807, 2.05) is 6.07 Å². The van der Waals surface area contributed by atoms with Gasteiger partial charge in [-0.3, -0.25) is 4.90 Å². The smallest absolute Gasteiger partial charge is 0.0501 e. The van der Waals surface area contributed by atoms with Crippen molar-refractivity contribution in [2.45, 2.75) is 32.9 Å². The van der Waals surface area contributed by atoms with Gasteiger partial charge in [-0.25, -0.2) is 0 Å². The van der Waals surface area contributed by atoms with E-state index >= 15 is 0 Å². The molecule has 0 fully saturated rings. The van der Waals surface area contributed by atoms with E-state index < -0.39 is 0 Å². The standard InChI is InChI=1S/C23H26N2/c1-19(2)24-23-13-7-6-12-22(23)15-14-21-11-8-16-25(18-21)17-20-9-4-3-5-10-20/h3-7,9-13,19,24H,8,16-18H2,1-2H3. The molecule has 0 spiro atoms. The molecule has 2 heteroatoms. The van der Waals surface area contributed by atoms with Crippen LogP contribution in [-0.4, -0.2) is 24.0 Å². The van der Waals surface area contributed by atoms with Gasteiger partial charge in [-0.15, -0.1) is 0 Å². The number of para-hydroxylation sites is 1. The molecule has 0 saturated heterocycles. The normalized spacial score (nSPS) is 14.6. The SMILES string of the molecule is CC(C)Nc1ccccc1C#CC1=CCCN(Cc2ccccc2)C1. The van der Waals surface area contributed by atoms with Crippen LogP contribution in [0.5, 0.6) is 0 Å². The summed E-state index contributed by atoms with van der Waals surface area (Å²) >= 11 is 0. The van der Waals surface area contributed by atoms with Crippen LogP contribution in [0.1, 0.15) is 31.4 Å². The predicted octanol–water partition coefficient (Wildman–Crippen LogP) is 4.69. The molecule has 0 unspecified atom stereocenters. The lowest BCUT2D eigenvalue weighted by atomic mass is 10.1. The zero-order valence-corrected chi connectivity index (χ0v) is 15.1. The average Bonchev–Trinajstić information content (AvgIpc) is 2.62. The van der Waals surface area contributed by atoms with Crippen molar-refractivity contribution in [3.63, 3.8) is 0 Å². The molecule has 1 aliphatic heterocycles. The molecular formula is C23H26N2. The molecule has 1 aliphatic rings. The Bertz CT molecular complexity index is 778. The Balaban J connectivity index is 1.68. The van der Waals surface area contributed by atoms with Gasteiger partial charge < -0.3 is 5.32 Å². The van der Waals surface area contributed by atoms with Crippen molar-refractivity contribution in [3.8, 4) is 11.8 Å². The van der Waals surface area contributed by atoms with Crippen molar-refractivity contribution < 1.29 is 0 Å². The fourth-order valence-corrected chi connectivity index (χ4v) is 3.05. The molecule has 2 aromatic rings. The average molecular weight is 330 g/mol. The van der Waals surface area contributed by atoms with Crippen molar-refractivity contribution in [1.29, 1.82) is 0 Å². The van der Waals surface area contributed by atoms with Crippen LogP contribution in [0.25, 0.3) is 0 Å². The molecule has 0 amide bonds. The van der Waals surface area contributed by atoms with Gasteiger partial charge in [-0.2, -0.15) is 0 Å². The second kappa shape index (κ2) is 8.55. The zero-order valence-electron chi connectivity index (χ0n) is 15.1. The topological polar surface area (TPSA) is 15.3 Å². The molecule has 0 radical (unpaired) electrons. The van der Waals surface area contributed by atoms with Crippen LogP contribution >= 0.6 is 0 Å². The van der Waals surface area contributed by atoms with Gasteiger partial charge in [-0.1, -0.05) is 60.4 Å². The minimum Gasteiger partial charge on any atom is -0.382 e. The highest BCUT2D eigenvalue weighted by Crippen LogP contribution is 2.16. The molecule has 0 saturated carbocycles. The first-order chi connectivity index (χ1) is 12.2. The number of rotatable bonds is 4. The first-order valence-corrected chi connectivity index (χ1v) is 9.03. The largest absolute Gasteiger partial charge is 0.382 e. The van der Waals surface area contributed by atoms with E-state index in [0.717, 1.165) is 37.3 Å². The van der Waals surface area contributed by atoms with Gasteiger partial charge in [0.1, 0.15) is 0 Å². The van der Waals surface area contributed by atoms with Crippen LogP contribution in [0.2, 0.25) is 0 Å². The molecule has 128 valence electrons. The number of nitrogens with zero attached hydrogens (tertiary/aromatic N) is 1. The van der Waals surface area contributed by atoms with Crippen molar-refractivity contribution in [1.82, 2.24) is 4.90 Å².